The minimum absolute atomic E-state index is 0.0329. The molecular formula is C17H18N2O2S. The van der Waals surface area contributed by atoms with Gasteiger partial charge in [-0.3, -0.25) is 4.79 Å². The molecule has 2 N–H and O–H groups in total. The van der Waals surface area contributed by atoms with Crippen LogP contribution in [-0.4, -0.2) is 23.5 Å². The fourth-order valence-corrected chi connectivity index (χ4v) is 2.92. The maximum Gasteiger partial charge on any atom is 0.254 e. The third-order valence-corrected chi connectivity index (χ3v) is 4.19. The highest BCUT2D eigenvalue weighted by atomic mass is 32.1. The van der Waals surface area contributed by atoms with Gasteiger partial charge >= 0.3 is 0 Å². The van der Waals surface area contributed by atoms with E-state index in [1.807, 2.05) is 18.2 Å². The van der Waals surface area contributed by atoms with Gasteiger partial charge < -0.3 is 15.0 Å². The summed E-state index contributed by atoms with van der Waals surface area (Å²) in [7, 11) is 0. The van der Waals surface area contributed by atoms with Crippen molar-refractivity contribution in [1.82, 2.24) is 10.3 Å². The highest BCUT2D eigenvalue weighted by Gasteiger charge is 2.25. The standard InChI is InChI=1S/C17H18N2O2S/c20-16(14-7-4-9-18-17(14)22)19-13-8-10-21-15(11-13)12-5-2-1-3-6-12/h1-7,9,13,15H,8,10-11H2,(H,18,22)(H,19,20)/t13-,15+/m0/s1. The molecule has 0 spiro atoms. The van der Waals surface area contributed by atoms with Crippen molar-refractivity contribution in [2.24, 2.45) is 0 Å². The van der Waals surface area contributed by atoms with Crippen molar-refractivity contribution in [2.45, 2.75) is 25.0 Å². The average molecular weight is 314 g/mol. The van der Waals surface area contributed by atoms with Crippen LogP contribution in [0.4, 0.5) is 0 Å². The van der Waals surface area contributed by atoms with Gasteiger partial charge in [0.1, 0.15) is 4.64 Å². The number of aromatic amines is 1. The Morgan fingerprint density at radius 1 is 1.23 bits per heavy atom. The van der Waals surface area contributed by atoms with Gasteiger partial charge in [0.25, 0.3) is 5.91 Å². The minimum atomic E-state index is -0.124. The van der Waals surface area contributed by atoms with Crippen LogP contribution < -0.4 is 5.32 Å². The highest BCUT2D eigenvalue weighted by molar-refractivity contribution is 7.71. The minimum Gasteiger partial charge on any atom is -0.373 e. The molecule has 1 amide bonds. The number of benzene rings is 1. The van der Waals surface area contributed by atoms with Gasteiger partial charge in [-0.25, -0.2) is 0 Å². The second-order valence-corrected chi connectivity index (χ2v) is 5.79. The summed E-state index contributed by atoms with van der Waals surface area (Å²) in [5.74, 6) is -0.124. The lowest BCUT2D eigenvalue weighted by molar-refractivity contribution is 0.000900. The van der Waals surface area contributed by atoms with Crippen LogP contribution in [0.15, 0.2) is 48.7 Å². The number of carbonyl (C=O) groups excluding carboxylic acids is 1. The van der Waals surface area contributed by atoms with Crippen LogP contribution >= 0.6 is 12.2 Å². The Morgan fingerprint density at radius 3 is 2.82 bits per heavy atom. The average Bonchev–Trinajstić information content (AvgIpc) is 2.56. The van der Waals surface area contributed by atoms with E-state index < -0.39 is 0 Å². The zero-order chi connectivity index (χ0) is 15.4. The lowest BCUT2D eigenvalue weighted by Gasteiger charge is -2.30. The molecule has 114 valence electrons. The first-order valence-corrected chi connectivity index (χ1v) is 7.80. The molecule has 0 radical (unpaired) electrons. The molecule has 1 fully saturated rings. The predicted molar refractivity (Wildman–Crippen MR) is 87.2 cm³/mol. The van der Waals surface area contributed by atoms with Gasteiger partial charge in [0.05, 0.1) is 11.7 Å². The molecule has 0 saturated carbocycles. The first-order chi connectivity index (χ1) is 10.7. The molecule has 2 heterocycles. The Balaban J connectivity index is 1.67. The number of H-pyrrole nitrogens is 1. The third kappa shape index (κ3) is 3.43. The van der Waals surface area contributed by atoms with E-state index >= 15 is 0 Å². The highest BCUT2D eigenvalue weighted by Crippen LogP contribution is 2.28. The number of hydrogen-bond donors (Lipinski definition) is 2. The molecular weight excluding hydrogens is 296 g/mol. The molecule has 2 atom stereocenters. The van der Waals surface area contributed by atoms with Crippen LogP contribution in [0.5, 0.6) is 0 Å². The van der Waals surface area contributed by atoms with Crippen molar-refractivity contribution in [3.05, 3.63) is 64.4 Å². The van der Waals surface area contributed by atoms with Crippen LogP contribution in [0.25, 0.3) is 0 Å². The Bertz CT molecular complexity index is 699. The lowest BCUT2D eigenvalue weighted by Crippen LogP contribution is -2.40. The van der Waals surface area contributed by atoms with Crippen molar-refractivity contribution >= 4 is 18.1 Å². The van der Waals surface area contributed by atoms with Crippen molar-refractivity contribution in [3.63, 3.8) is 0 Å². The Morgan fingerprint density at radius 2 is 2.05 bits per heavy atom. The van der Waals surface area contributed by atoms with Crippen LogP contribution in [0, 0.1) is 4.64 Å². The summed E-state index contributed by atoms with van der Waals surface area (Å²) >= 11 is 5.15. The molecule has 22 heavy (non-hydrogen) atoms. The Labute approximate surface area is 134 Å². The van der Waals surface area contributed by atoms with E-state index in [2.05, 4.69) is 22.4 Å². The Kier molecular flexibility index (Phi) is 4.65. The van der Waals surface area contributed by atoms with Gasteiger partial charge in [0.15, 0.2) is 0 Å². The summed E-state index contributed by atoms with van der Waals surface area (Å²) in [6.07, 6.45) is 3.35. The zero-order valence-electron chi connectivity index (χ0n) is 12.1. The van der Waals surface area contributed by atoms with Crippen molar-refractivity contribution in [2.75, 3.05) is 6.61 Å². The monoisotopic (exact) mass is 314 g/mol. The zero-order valence-corrected chi connectivity index (χ0v) is 12.9. The summed E-state index contributed by atoms with van der Waals surface area (Å²) in [6, 6.07) is 13.7. The van der Waals surface area contributed by atoms with E-state index in [0.717, 1.165) is 18.4 Å². The number of amides is 1. The van der Waals surface area contributed by atoms with Crippen LogP contribution in [0.3, 0.4) is 0 Å². The largest absolute Gasteiger partial charge is 0.373 e. The molecule has 1 saturated heterocycles. The molecule has 0 bridgehead atoms. The van der Waals surface area contributed by atoms with E-state index in [-0.39, 0.29) is 18.1 Å². The Hall–Kier alpha value is -1.98. The smallest absolute Gasteiger partial charge is 0.254 e. The van der Waals surface area contributed by atoms with Crippen LogP contribution in [0.2, 0.25) is 0 Å². The van der Waals surface area contributed by atoms with Crippen LogP contribution in [-0.2, 0) is 4.74 Å². The number of pyridine rings is 1. The molecule has 3 rings (SSSR count). The molecule has 0 aliphatic carbocycles. The molecule has 4 nitrogen and oxygen atoms in total. The molecule has 1 aliphatic rings. The number of ether oxygens (including phenoxy) is 1. The van der Waals surface area contributed by atoms with E-state index in [4.69, 9.17) is 17.0 Å². The number of hydrogen-bond acceptors (Lipinski definition) is 3. The number of carbonyl (C=O) groups is 1. The van der Waals surface area contributed by atoms with E-state index in [1.54, 1.807) is 18.3 Å². The quantitative estimate of drug-likeness (QED) is 0.854. The number of nitrogens with one attached hydrogen (secondary N) is 2. The van der Waals surface area contributed by atoms with Crippen molar-refractivity contribution in [1.29, 1.82) is 0 Å². The van der Waals surface area contributed by atoms with Gasteiger partial charge in [-0.05, 0) is 30.5 Å². The maximum absolute atomic E-state index is 12.3. The normalized spacial score (nSPS) is 21.3. The van der Waals surface area contributed by atoms with Crippen molar-refractivity contribution in [3.8, 4) is 0 Å². The van der Waals surface area contributed by atoms with E-state index in [0.29, 0.717) is 16.8 Å². The topological polar surface area (TPSA) is 54.1 Å². The fraction of sp³-hybridized carbons (Fsp3) is 0.294. The summed E-state index contributed by atoms with van der Waals surface area (Å²) < 4.78 is 6.29. The first-order valence-electron chi connectivity index (χ1n) is 7.39. The summed E-state index contributed by atoms with van der Waals surface area (Å²) in [6.45, 7) is 0.645. The molecule has 5 heteroatoms. The maximum atomic E-state index is 12.3. The molecule has 2 aromatic rings. The molecule has 0 unspecified atom stereocenters. The van der Waals surface area contributed by atoms with Gasteiger partial charge in [-0.1, -0.05) is 42.5 Å². The molecule has 1 aliphatic heterocycles. The van der Waals surface area contributed by atoms with Crippen molar-refractivity contribution < 1.29 is 9.53 Å². The first kappa shape index (κ1) is 14.9. The van der Waals surface area contributed by atoms with Gasteiger partial charge in [-0.2, -0.15) is 0 Å². The number of aromatic nitrogens is 1. The lowest BCUT2D eigenvalue weighted by atomic mass is 9.97. The number of rotatable bonds is 3. The molecule has 1 aromatic carbocycles. The fourth-order valence-electron chi connectivity index (χ4n) is 2.69. The third-order valence-electron chi connectivity index (χ3n) is 3.85. The second kappa shape index (κ2) is 6.85. The van der Waals surface area contributed by atoms with Gasteiger partial charge in [0, 0.05) is 18.8 Å². The second-order valence-electron chi connectivity index (χ2n) is 5.38. The van der Waals surface area contributed by atoms with E-state index in [1.165, 1.54) is 0 Å². The summed E-state index contributed by atoms with van der Waals surface area (Å²) in [5, 5.41) is 3.07. The van der Waals surface area contributed by atoms with Crippen LogP contribution in [0.1, 0.15) is 34.9 Å². The molecule has 1 aromatic heterocycles. The predicted octanol–water partition coefficient (Wildman–Crippen LogP) is 3.39. The van der Waals surface area contributed by atoms with E-state index in [9.17, 15) is 4.79 Å². The summed E-state index contributed by atoms with van der Waals surface area (Å²) in [4.78, 5) is 15.2. The SMILES string of the molecule is O=C(N[C@H]1CCO[C@@H](c2ccccc2)C1)c1ccc[nH]c1=S. The van der Waals surface area contributed by atoms with Gasteiger partial charge in [0.2, 0.25) is 0 Å². The van der Waals surface area contributed by atoms with Gasteiger partial charge in [-0.15, -0.1) is 0 Å². The summed E-state index contributed by atoms with van der Waals surface area (Å²) in [5.41, 5.74) is 1.67.